The van der Waals surface area contributed by atoms with Gasteiger partial charge in [-0.1, -0.05) is 97.5 Å². The number of likely N-dealkylation sites (tertiary alicyclic amines) is 2. The van der Waals surface area contributed by atoms with E-state index in [9.17, 15) is 65.9 Å². The second-order valence-electron chi connectivity index (χ2n) is 20.1. The number of halogens is 16. The van der Waals surface area contributed by atoms with Crippen molar-refractivity contribution in [2.24, 2.45) is 0 Å². The van der Waals surface area contributed by atoms with Gasteiger partial charge in [0.15, 0.2) is 0 Å². The molecule has 4 atom stereocenters. The summed E-state index contributed by atoms with van der Waals surface area (Å²) in [6.45, 7) is 19.4. The number of piperidine rings is 3. The molecule has 22 heteroatoms. The van der Waals surface area contributed by atoms with Gasteiger partial charge in [-0.2, -0.15) is 65.9 Å². The number of carbonyl (C=O) groups is 1. The first-order valence-electron chi connectivity index (χ1n) is 27.7. The number of nitrogens with zero attached hydrogens (tertiary/aromatic N) is 3. The van der Waals surface area contributed by atoms with E-state index in [2.05, 4.69) is 69.0 Å². The lowest BCUT2D eigenvalue weighted by Gasteiger charge is -2.33. The second-order valence-corrected chi connectivity index (χ2v) is 20.6. The summed E-state index contributed by atoms with van der Waals surface area (Å²) in [6, 6.07) is 23.8. The normalized spacial score (nSPS) is 20.4. The summed E-state index contributed by atoms with van der Waals surface area (Å²) in [4.78, 5) is 15.7. The first-order valence-corrected chi connectivity index (χ1v) is 28.1. The Labute approximate surface area is 478 Å². The van der Waals surface area contributed by atoms with Crippen molar-refractivity contribution in [3.8, 4) is 0 Å². The van der Waals surface area contributed by atoms with E-state index in [1.54, 1.807) is 43.3 Å². The fourth-order valence-corrected chi connectivity index (χ4v) is 9.19. The van der Waals surface area contributed by atoms with Crippen LogP contribution in [0.3, 0.4) is 0 Å². The zero-order valence-electron chi connectivity index (χ0n) is 47.6. The Morgan fingerprint density at radius 3 is 1.02 bits per heavy atom. The van der Waals surface area contributed by atoms with Crippen LogP contribution in [0.5, 0.6) is 0 Å². The third kappa shape index (κ3) is 29.7. The summed E-state index contributed by atoms with van der Waals surface area (Å²) >= 11 is 3.15. The molecule has 81 heavy (non-hydrogen) atoms. The van der Waals surface area contributed by atoms with Gasteiger partial charge in [-0.05, 0) is 157 Å². The molecule has 6 nitrogen and oxygen atoms in total. The topological polar surface area (TPSA) is 50.9 Å². The number of benzene rings is 4. The van der Waals surface area contributed by atoms with E-state index in [1.165, 1.54) is 101 Å². The highest BCUT2D eigenvalue weighted by Crippen LogP contribution is 2.33. The van der Waals surface area contributed by atoms with E-state index in [1.807, 2.05) is 0 Å². The second kappa shape index (κ2) is 35.8. The predicted octanol–water partition coefficient (Wildman–Crippen LogP) is 17.2. The minimum Gasteiger partial charge on any atom is -0.314 e. The van der Waals surface area contributed by atoms with Crippen LogP contribution < -0.4 is 10.6 Å². The smallest absolute Gasteiger partial charge is 0.314 e. The number of rotatable bonds is 7. The molecule has 0 amide bonds. The highest BCUT2D eigenvalue weighted by atomic mass is 79.9. The molecule has 4 aliphatic heterocycles. The van der Waals surface area contributed by atoms with Crippen LogP contribution >= 0.6 is 15.9 Å². The number of nitrogens with one attached hydrogen (secondary N) is 2. The minimum atomic E-state index is -4.64. The summed E-state index contributed by atoms with van der Waals surface area (Å²) in [5, 5.41) is 7.25. The van der Waals surface area contributed by atoms with Crippen molar-refractivity contribution in [2.75, 3.05) is 39.3 Å². The van der Waals surface area contributed by atoms with Crippen LogP contribution in [0.2, 0.25) is 0 Å². The molecular formula is C59H79BrF15N5O. The first kappa shape index (κ1) is 71.0. The van der Waals surface area contributed by atoms with Crippen LogP contribution in [0.25, 0.3) is 0 Å². The van der Waals surface area contributed by atoms with Gasteiger partial charge in [0, 0.05) is 70.1 Å². The third-order valence-corrected chi connectivity index (χ3v) is 14.3. The summed E-state index contributed by atoms with van der Waals surface area (Å²) in [5.74, 6) is 0. The molecule has 4 saturated heterocycles. The van der Waals surface area contributed by atoms with Crippen LogP contribution in [-0.4, -0.2) is 90.6 Å². The molecule has 4 fully saturated rings. The molecule has 4 aromatic rings. The Bertz CT molecular complexity index is 2130. The molecule has 4 unspecified atom stereocenters. The Morgan fingerprint density at radius 1 is 0.481 bits per heavy atom. The van der Waals surface area contributed by atoms with Crippen molar-refractivity contribution in [1.29, 1.82) is 0 Å². The summed E-state index contributed by atoms with van der Waals surface area (Å²) in [7, 11) is 0. The van der Waals surface area contributed by atoms with Crippen molar-refractivity contribution >= 4 is 22.2 Å². The standard InChI is InChI=1S/2C14H18F3N.C13H17F3N2.C8H6BrF3.C6H13N.C2HF3O.C2H6/c2*1-11-4-2-3-9-18(11)10-12-5-7-13(8-6-12)14(15,16)17;1-10-8-17-6-7-18(10)9-11-2-4-12(5-3-11)13(14,15)16;9-5-6-1-3-7(4-2-6)8(10,11)12;1-6-4-2-3-5-7-6;3-2(4,5)1-6;1-2/h2*5-8,11H,2-4,9-10H2,1H3;2-5,10,17H,6-9H2,1H3;1-4H,5H2;6-7H,2-5H2,1H3;1H;1-2H3/i;;;;;;1D. The van der Waals surface area contributed by atoms with Crippen molar-refractivity contribution in [3.05, 3.63) is 142 Å². The minimum absolute atomic E-state index is 0.418. The quantitative estimate of drug-likeness (QED) is 0.109. The molecule has 8 rings (SSSR count). The van der Waals surface area contributed by atoms with E-state index in [4.69, 9.17) is 6.17 Å². The van der Waals surface area contributed by atoms with Gasteiger partial charge in [0.25, 0.3) is 0 Å². The Morgan fingerprint density at radius 2 is 0.790 bits per heavy atom. The van der Waals surface area contributed by atoms with E-state index in [0.29, 0.717) is 36.9 Å². The van der Waals surface area contributed by atoms with Crippen LogP contribution in [0.4, 0.5) is 65.9 Å². The molecule has 4 heterocycles. The van der Waals surface area contributed by atoms with Crippen molar-refractivity contribution < 1.29 is 72.0 Å². The van der Waals surface area contributed by atoms with Crippen LogP contribution in [0.1, 0.15) is 145 Å². The van der Waals surface area contributed by atoms with Gasteiger partial charge >= 0.3 is 30.9 Å². The maximum atomic E-state index is 12.4. The first-order chi connectivity index (χ1) is 38.3. The molecular weight excluding hydrogens is 1160 g/mol. The molecule has 458 valence electrons. The molecule has 4 aliphatic rings. The van der Waals surface area contributed by atoms with E-state index < -0.39 is 59.4 Å². The highest BCUT2D eigenvalue weighted by Gasteiger charge is 2.33. The van der Waals surface area contributed by atoms with Gasteiger partial charge < -0.3 is 10.6 Å². The molecule has 4 aromatic carbocycles. The number of alkyl halides is 16. The lowest BCUT2D eigenvalue weighted by atomic mass is 10.0. The predicted molar refractivity (Wildman–Crippen MR) is 293 cm³/mol. The van der Waals surface area contributed by atoms with E-state index >= 15 is 0 Å². The lowest BCUT2D eigenvalue weighted by molar-refractivity contribution is -0.156. The molecule has 0 radical (unpaired) electrons. The Hall–Kier alpha value is -4.22. The van der Waals surface area contributed by atoms with Gasteiger partial charge in [0.1, 0.15) is 0 Å². The van der Waals surface area contributed by atoms with Gasteiger partial charge in [-0.15, -0.1) is 0 Å². The molecule has 0 bridgehead atoms. The van der Waals surface area contributed by atoms with Crippen LogP contribution in [0.15, 0.2) is 97.1 Å². The van der Waals surface area contributed by atoms with Crippen LogP contribution in [0, 0.1) is 0 Å². The summed E-state index contributed by atoms with van der Waals surface area (Å²) < 4.78 is 185. The van der Waals surface area contributed by atoms with Gasteiger partial charge in [0.05, 0.1) is 22.3 Å². The third-order valence-electron chi connectivity index (χ3n) is 13.6. The maximum absolute atomic E-state index is 12.4. The fourth-order valence-electron chi connectivity index (χ4n) is 8.81. The van der Waals surface area contributed by atoms with E-state index in [-0.39, 0.29) is 0 Å². The summed E-state index contributed by atoms with van der Waals surface area (Å²) in [6.07, 6.45) is -11.2. The number of hydrogen-bond donors (Lipinski definition) is 2. The average Bonchev–Trinajstić information content (AvgIpc) is 3.44. The SMILES string of the molecule is CC1CCCCN1.CC1CCCCN1Cc1ccc(C(F)(F)F)cc1.CC1CCCCN1Cc1ccc(C(F)(F)F)cc1.CC1CNCCN1Cc1ccc(C(F)(F)F)cc1.FC(F)(F)c1ccc(CBr)cc1.O=CC(F)(F)F.[2H]CC. The van der Waals surface area contributed by atoms with E-state index in [0.717, 1.165) is 98.4 Å². The molecule has 0 aliphatic carbocycles. The number of piperazine rings is 1. The molecule has 2 N–H and O–H groups in total. The van der Waals surface area contributed by atoms with Crippen molar-refractivity contribution in [2.45, 2.75) is 179 Å². The highest BCUT2D eigenvalue weighted by molar-refractivity contribution is 9.08. The molecule has 0 aromatic heterocycles. The monoisotopic (exact) mass is 1240 g/mol. The Kier molecular flexibility index (Phi) is 31.4. The van der Waals surface area contributed by atoms with Gasteiger partial charge in [-0.3, -0.25) is 19.5 Å². The van der Waals surface area contributed by atoms with Crippen molar-refractivity contribution in [1.82, 2.24) is 25.3 Å². The number of carbonyl (C=O) groups excluding carboxylic acids is 1. The Balaban J connectivity index is 0.000000345. The summed E-state index contributed by atoms with van der Waals surface area (Å²) in [5.41, 5.74) is 1.34. The zero-order chi connectivity index (χ0) is 61.7. The number of hydrogen-bond acceptors (Lipinski definition) is 6. The number of aldehydes is 1. The maximum Gasteiger partial charge on any atom is 0.446 e. The largest absolute Gasteiger partial charge is 0.446 e. The van der Waals surface area contributed by atoms with Crippen molar-refractivity contribution in [3.63, 3.8) is 0 Å². The molecule has 0 saturated carbocycles. The van der Waals surface area contributed by atoms with Gasteiger partial charge in [0.2, 0.25) is 6.29 Å². The van der Waals surface area contributed by atoms with Crippen LogP contribution in [-0.2, 0) is 54.5 Å². The van der Waals surface area contributed by atoms with Gasteiger partial charge in [-0.25, -0.2) is 0 Å². The average molecular weight is 1240 g/mol. The molecule has 0 spiro atoms. The zero-order valence-corrected chi connectivity index (χ0v) is 48.1. The fraction of sp³-hybridized carbons (Fsp3) is 0.576. The lowest BCUT2D eigenvalue weighted by Crippen LogP contribution is -2.49.